The lowest BCUT2D eigenvalue weighted by molar-refractivity contribution is -0.143. The topological polar surface area (TPSA) is 51.1 Å². The summed E-state index contributed by atoms with van der Waals surface area (Å²) in [5.74, 6) is 0.809. The van der Waals surface area contributed by atoms with Gasteiger partial charge in [-0.15, -0.1) is 0 Å². The van der Waals surface area contributed by atoms with Crippen LogP contribution in [0.5, 0.6) is 5.75 Å². The summed E-state index contributed by atoms with van der Waals surface area (Å²) in [4.78, 5) is 18.2. The molecule has 1 aliphatic rings. The van der Waals surface area contributed by atoms with E-state index in [1.54, 1.807) is 12.4 Å². The number of aliphatic imine (C=N–C) groups is 1. The van der Waals surface area contributed by atoms with Gasteiger partial charge >= 0.3 is 5.97 Å². The molecule has 1 unspecified atom stereocenters. The fourth-order valence-corrected chi connectivity index (χ4v) is 2.40. The van der Waals surface area contributed by atoms with Crippen molar-refractivity contribution in [1.82, 2.24) is 0 Å². The van der Waals surface area contributed by atoms with Gasteiger partial charge in [0.25, 0.3) is 0 Å². The third-order valence-electron chi connectivity index (χ3n) is 3.71. The molecule has 0 radical (unpaired) electrons. The molecule has 24 heavy (non-hydrogen) atoms. The Bertz CT molecular complexity index is 610. The molecule has 5 heteroatoms. The minimum absolute atomic E-state index is 0.118. The molecule has 0 spiro atoms. The molecule has 0 bridgehead atoms. The monoisotopic (exact) mass is 330 g/mol. The molecule has 0 aliphatic carbocycles. The standard InChI is InChI=1S/C19H26N2O3/c1-4-7-15(3)19(22)24-18-14-21(11-10-20-18)16-8-6-9-17(13-16)23-12-5-2/h6,8-10,13-15H,4-5,7,11-12H2,1-3H3. The molecular formula is C19H26N2O3. The van der Waals surface area contributed by atoms with Crippen molar-refractivity contribution in [2.75, 3.05) is 18.1 Å². The molecule has 1 aromatic rings. The summed E-state index contributed by atoms with van der Waals surface area (Å²) in [6.45, 7) is 7.33. The second-order valence-electron chi connectivity index (χ2n) is 5.89. The Morgan fingerprint density at radius 2 is 2.17 bits per heavy atom. The first kappa shape index (κ1) is 18.0. The van der Waals surface area contributed by atoms with Crippen LogP contribution in [-0.2, 0) is 9.53 Å². The number of benzene rings is 1. The number of nitrogens with zero attached hydrogens (tertiary/aromatic N) is 2. The third kappa shape index (κ3) is 5.11. The molecule has 5 nitrogen and oxygen atoms in total. The molecule has 1 aliphatic heterocycles. The van der Waals surface area contributed by atoms with Crippen molar-refractivity contribution < 1.29 is 14.3 Å². The molecule has 2 rings (SSSR count). The number of ether oxygens (including phenoxy) is 2. The highest BCUT2D eigenvalue weighted by Crippen LogP contribution is 2.24. The lowest BCUT2D eigenvalue weighted by Crippen LogP contribution is -2.24. The predicted octanol–water partition coefficient (Wildman–Crippen LogP) is 4.14. The second kappa shape index (κ2) is 9.11. The maximum Gasteiger partial charge on any atom is 0.315 e. The van der Waals surface area contributed by atoms with Crippen LogP contribution in [0.15, 0.2) is 41.3 Å². The van der Waals surface area contributed by atoms with Crippen LogP contribution in [0, 0.1) is 5.92 Å². The van der Waals surface area contributed by atoms with Gasteiger partial charge in [0, 0.05) is 18.0 Å². The second-order valence-corrected chi connectivity index (χ2v) is 5.89. The van der Waals surface area contributed by atoms with Gasteiger partial charge in [-0.1, -0.05) is 33.3 Å². The van der Waals surface area contributed by atoms with Gasteiger partial charge in [-0.05, 0) is 25.0 Å². The highest BCUT2D eigenvalue weighted by atomic mass is 16.5. The normalized spacial score (nSPS) is 15.0. The van der Waals surface area contributed by atoms with E-state index >= 15 is 0 Å². The van der Waals surface area contributed by atoms with E-state index < -0.39 is 0 Å². The largest absolute Gasteiger partial charge is 0.494 e. The van der Waals surface area contributed by atoms with Crippen molar-refractivity contribution >= 4 is 17.9 Å². The van der Waals surface area contributed by atoms with Gasteiger partial charge < -0.3 is 14.4 Å². The van der Waals surface area contributed by atoms with Crippen molar-refractivity contribution in [3.8, 4) is 5.75 Å². The Kier molecular flexibility index (Phi) is 6.85. The number of carbonyl (C=O) groups excluding carboxylic acids is 1. The zero-order chi connectivity index (χ0) is 17.4. The molecule has 0 N–H and O–H groups in total. The Labute approximate surface area is 144 Å². The zero-order valence-electron chi connectivity index (χ0n) is 14.7. The SMILES string of the molecule is CCCOc1cccc(N2C=C(OC(=O)C(C)CCC)N=CC2)c1. The average molecular weight is 330 g/mol. The van der Waals surface area contributed by atoms with E-state index in [1.807, 2.05) is 36.1 Å². The van der Waals surface area contributed by atoms with E-state index in [0.29, 0.717) is 19.0 Å². The van der Waals surface area contributed by atoms with Crippen LogP contribution >= 0.6 is 0 Å². The molecule has 130 valence electrons. The highest BCUT2D eigenvalue weighted by molar-refractivity contribution is 5.75. The van der Waals surface area contributed by atoms with Crippen LogP contribution in [0.4, 0.5) is 5.69 Å². The summed E-state index contributed by atoms with van der Waals surface area (Å²) < 4.78 is 11.1. The number of anilines is 1. The summed E-state index contributed by atoms with van der Waals surface area (Å²) in [5.41, 5.74) is 0.977. The van der Waals surface area contributed by atoms with Gasteiger partial charge in [-0.3, -0.25) is 4.79 Å². The molecule has 0 aromatic heterocycles. The van der Waals surface area contributed by atoms with E-state index in [1.165, 1.54) is 0 Å². The predicted molar refractivity (Wildman–Crippen MR) is 96.3 cm³/mol. The molecule has 0 amide bonds. The molecule has 1 heterocycles. The lowest BCUT2D eigenvalue weighted by atomic mass is 10.1. The molecule has 1 aromatic carbocycles. The Morgan fingerprint density at radius 1 is 1.33 bits per heavy atom. The average Bonchev–Trinajstić information content (AvgIpc) is 2.60. The molecule has 0 saturated carbocycles. The van der Waals surface area contributed by atoms with Gasteiger partial charge in [0.2, 0.25) is 5.88 Å². The van der Waals surface area contributed by atoms with E-state index in [2.05, 4.69) is 18.8 Å². The number of rotatable bonds is 8. The fourth-order valence-electron chi connectivity index (χ4n) is 2.40. The summed E-state index contributed by atoms with van der Waals surface area (Å²) in [6, 6.07) is 7.86. The van der Waals surface area contributed by atoms with Gasteiger partial charge in [-0.2, -0.15) is 0 Å². The number of hydrogen-bond donors (Lipinski definition) is 0. The van der Waals surface area contributed by atoms with Crippen LogP contribution in [0.2, 0.25) is 0 Å². The number of carbonyl (C=O) groups is 1. The Hall–Kier alpha value is -2.30. The molecular weight excluding hydrogens is 304 g/mol. The Morgan fingerprint density at radius 3 is 2.92 bits per heavy atom. The number of esters is 1. The summed E-state index contributed by atoms with van der Waals surface area (Å²) in [5, 5.41) is 0. The third-order valence-corrected chi connectivity index (χ3v) is 3.71. The molecule has 0 saturated heterocycles. The van der Waals surface area contributed by atoms with Gasteiger partial charge in [0.1, 0.15) is 5.75 Å². The molecule has 0 fully saturated rings. The lowest BCUT2D eigenvalue weighted by Gasteiger charge is -2.23. The van der Waals surface area contributed by atoms with E-state index in [-0.39, 0.29) is 11.9 Å². The summed E-state index contributed by atoms with van der Waals surface area (Å²) >= 11 is 0. The van der Waals surface area contributed by atoms with Crippen molar-refractivity contribution in [1.29, 1.82) is 0 Å². The van der Waals surface area contributed by atoms with E-state index in [9.17, 15) is 4.79 Å². The Balaban J connectivity index is 2.05. The van der Waals surface area contributed by atoms with Gasteiger partial charge in [-0.25, -0.2) is 4.99 Å². The number of hydrogen-bond acceptors (Lipinski definition) is 5. The quantitative estimate of drug-likeness (QED) is 0.672. The smallest absolute Gasteiger partial charge is 0.315 e. The maximum atomic E-state index is 12.0. The van der Waals surface area contributed by atoms with Gasteiger partial charge in [0.15, 0.2) is 0 Å². The van der Waals surface area contributed by atoms with Crippen LogP contribution in [0.3, 0.4) is 0 Å². The minimum Gasteiger partial charge on any atom is -0.494 e. The van der Waals surface area contributed by atoms with E-state index in [4.69, 9.17) is 9.47 Å². The molecule has 1 atom stereocenters. The summed E-state index contributed by atoms with van der Waals surface area (Å²) in [7, 11) is 0. The first-order valence-electron chi connectivity index (χ1n) is 8.59. The summed E-state index contributed by atoms with van der Waals surface area (Å²) in [6.07, 6.45) is 6.24. The van der Waals surface area contributed by atoms with Crippen LogP contribution in [0.25, 0.3) is 0 Å². The highest BCUT2D eigenvalue weighted by Gasteiger charge is 2.18. The van der Waals surface area contributed by atoms with Gasteiger partial charge in [0.05, 0.1) is 25.3 Å². The first-order valence-corrected chi connectivity index (χ1v) is 8.59. The zero-order valence-corrected chi connectivity index (χ0v) is 14.7. The van der Waals surface area contributed by atoms with Crippen LogP contribution < -0.4 is 9.64 Å². The maximum absolute atomic E-state index is 12.0. The first-order chi connectivity index (χ1) is 11.6. The van der Waals surface area contributed by atoms with Crippen molar-refractivity contribution in [2.45, 2.75) is 40.0 Å². The van der Waals surface area contributed by atoms with Crippen LogP contribution in [0.1, 0.15) is 40.0 Å². The van der Waals surface area contributed by atoms with Crippen molar-refractivity contribution in [3.63, 3.8) is 0 Å². The van der Waals surface area contributed by atoms with E-state index in [0.717, 1.165) is 30.7 Å². The van der Waals surface area contributed by atoms with Crippen molar-refractivity contribution in [3.05, 3.63) is 36.3 Å². The minimum atomic E-state index is -0.234. The fraction of sp³-hybridized carbons (Fsp3) is 0.474. The van der Waals surface area contributed by atoms with Crippen LogP contribution in [-0.4, -0.2) is 25.3 Å². The van der Waals surface area contributed by atoms with Crippen molar-refractivity contribution in [2.24, 2.45) is 10.9 Å².